The second-order valence-corrected chi connectivity index (χ2v) is 5.56. The summed E-state index contributed by atoms with van der Waals surface area (Å²) in [6.45, 7) is 0. The van der Waals surface area contributed by atoms with Gasteiger partial charge in [0, 0.05) is 5.92 Å². The van der Waals surface area contributed by atoms with Crippen LogP contribution in [0, 0.1) is 17.2 Å². The van der Waals surface area contributed by atoms with Gasteiger partial charge in [-0.1, -0.05) is 41.9 Å². The highest BCUT2D eigenvalue weighted by molar-refractivity contribution is 6.33. The molecular weight excluding hydrogens is 284 g/mol. The minimum absolute atomic E-state index is 0.0193. The van der Waals surface area contributed by atoms with Crippen LogP contribution in [0.3, 0.4) is 0 Å². The van der Waals surface area contributed by atoms with Gasteiger partial charge in [0.15, 0.2) is 0 Å². The number of nitrogens with zero attached hydrogens (tertiary/aromatic N) is 1. The van der Waals surface area contributed by atoms with Crippen LogP contribution in [0.1, 0.15) is 23.5 Å². The fraction of sp³-hybridized carbons (Fsp3) is 0.176. The first-order valence-corrected chi connectivity index (χ1v) is 7.12. The van der Waals surface area contributed by atoms with Crippen LogP contribution in [0.25, 0.3) is 0 Å². The Morgan fingerprint density at radius 1 is 1.24 bits per heavy atom. The van der Waals surface area contributed by atoms with Crippen molar-refractivity contribution in [2.24, 2.45) is 5.92 Å². The molecule has 3 nitrogen and oxygen atoms in total. The summed E-state index contributed by atoms with van der Waals surface area (Å²) in [5, 5.41) is 12.2. The number of hydrogen-bond donors (Lipinski definition) is 1. The Hall–Kier alpha value is -2.31. The molecule has 1 aliphatic carbocycles. The van der Waals surface area contributed by atoms with E-state index in [0.29, 0.717) is 16.3 Å². The molecule has 2 aromatic rings. The first kappa shape index (κ1) is 13.7. The molecular formula is C17H13ClN2O. The highest BCUT2D eigenvalue weighted by atomic mass is 35.5. The zero-order chi connectivity index (χ0) is 14.8. The molecule has 2 atom stereocenters. The summed E-state index contributed by atoms with van der Waals surface area (Å²) in [6, 6.07) is 16.9. The molecule has 104 valence electrons. The van der Waals surface area contributed by atoms with E-state index in [4.69, 9.17) is 16.9 Å². The average Bonchev–Trinajstić information content (AvgIpc) is 3.31. The molecule has 3 rings (SSSR count). The summed E-state index contributed by atoms with van der Waals surface area (Å²) in [4.78, 5) is 12.3. The Bertz CT molecular complexity index is 721. The van der Waals surface area contributed by atoms with Crippen molar-refractivity contribution in [3.63, 3.8) is 0 Å². The zero-order valence-electron chi connectivity index (χ0n) is 11.2. The number of nitrogens with one attached hydrogen (secondary N) is 1. The van der Waals surface area contributed by atoms with E-state index >= 15 is 0 Å². The number of anilines is 1. The van der Waals surface area contributed by atoms with Crippen molar-refractivity contribution in [2.75, 3.05) is 5.32 Å². The lowest BCUT2D eigenvalue weighted by atomic mass is 10.1. The molecule has 1 saturated carbocycles. The molecule has 0 saturated heterocycles. The SMILES string of the molecule is N#Cc1ccc(Cl)c(NC(=O)C2CC2c2ccccc2)c1. The number of nitriles is 1. The summed E-state index contributed by atoms with van der Waals surface area (Å²) < 4.78 is 0. The molecule has 0 radical (unpaired) electrons. The van der Waals surface area contributed by atoms with Gasteiger partial charge in [0.1, 0.15) is 0 Å². The van der Waals surface area contributed by atoms with Crippen LogP contribution < -0.4 is 5.32 Å². The molecule has 1 N–H and O–H groups in total. The second-order valence-electron chi connectivity index (χ2n) is 5.16. The van der Waals surface area contributed by atoms with Gasteiger partial charge in [0.2, 0.25) is 5.91 Å². The van der Waals surface area contributed by atoms with E-state index in [9.17, 15) is 4.79 Å². The molecule has 0 heterocycles. The second kappa shape index (κ2) is 5.59. The van der Waals surface area contributed by atoms with Gasteiger partial charge in [-0.25, -0.2) is 0 Å². The summed E-state index contributed by atoms with van der Waals surface area (Å²) in [5.74, 6) is 0.221. The Morgan fingerprint density at radius 3 is 2.71 bits per heavy atom. The number of carbonyl (C=O) groups excluding carboxylic acids is 1. The van der Waals surface area contributed by atoms with E-state index in [1.54, 1.807) is 18.2 Å². The third-order valence-corrected chi connectivity index (χ3v) is 4.04. The Morgan fingerprint density at radius 2 is 2.00 bits per heavy atom. The monoisotopic (exact) mass is 296 g/mol. The van der Waals surface area contributed by atoms with Crippen LogP contribution in [-0.2, 0) is 4.79 Å². The van der Waals surface area contributed by atoms with Crippen LogP contribution in [0.15, 0.2) is 48.5 Å². The number of benzene rings is 2. The van der Waals surface area contributed by atoms with Gasteiger partial charge in [-0.05, 0) is 36.1 Å². The summed E-state index contributed by atoms with van der Waals surface area (Å²) in [6.07, 6.45) is 0.853. The van der Waals surface area contributed by atoms with Crippen LogP contribution in [-0.4, -0.2) is 5.91 Å². The third kappa shape index (κ3) is 2.91. The van der Waals surface area contributed by atoms with E-state index in [1.165, 1.54) is 5.56 Å². The van der Waals surface area contributed by atoms with Crippen LogP contribution in [0.2, 0.25) is 5.02 Å². The number of hydrogen-bond acceptors (Lipinski definition) is 2. The van der Waals surface area contributed by atoms with Crippen molar-refractivity contribution in [3.8, 4) is 6.07 Å². The fourth-order valence-corrected chi connectivity index (χ4v) is 2.63. The van der Waals surface area contributed by atoms with Gasteiger partial charge in [-0.15, -0.1) is 0 Å². The van der Waals surface area contributed by atoms with Crippen molar-refractivity contribution in [1.82, 2.24) is 0 Å². The molecule has 0 aromatic heterocycles. The standard InChI is InChI=1S/C17H13ClN2O/c18-15-7-6-11(10-19)8-16(15)20-17(21)14-9-13(14)12-4-2-1-3-5-12/h1-8,13-14H,9H2,(H,20,21). The van der Waals surface area contributed by atoms with Crippen molar-refractivity contribution in [1.29, 1.82) is 5.26 Å². The van der Waals surface area contributed by atoms with E-state index in [1.807, 2.05) is 36.4 Å². The smallest absolute Gasteiger partial charge is 0.228 e. The van der Waals surface area contributed by atoms with Gasteiger partial charge < -0.3 is 5.32 Å². The minimum atomic E-state index is -0.0409. The van der Waals surface area contributed by atoms with Crippen LogP contribution in [0.5, 0.6) is 0 Å². The lowest BCUT2D eigenvalue weighted by Gasteiger charge is -2.07. The normalized spacial score (nSPS) is 19.6. The molecule has 2 aromatic carbocycles. The third-order valence-electron chi connectivity index (χ3n) is 3.71. The number of rotatable bonds is 3. The van der Waals surface area contributed by atoms with Gasteiger partial charge >= 0.3 is 0 Å². The number of amides is 1. The molecule has 1 amide bonds. The number of halogens is 1. The molecule has 1 fully saturated rings. The van der Waals surface area contributed by atoms with Crippen molar-refractivity contribution in [3.05, 3.63) is 64.7 Å². The van der Waals surface area contributed by atoms with E-state index < -0.39 is 0 Å². The molecule has 0 spiro atoms. The van der Waals surface area contributed by atoms with E-state index in [-0.39, 0.29) is 17.7 Å². The largest absolute Gasteiger partial charge is 0.324 e. The molecule has 0 aliphatic heterocycles. The van der Waals surface area contributed by atoms with Gasteiger partial charge in [-0.2, -0.15) is 5.26 Å². The lowest BCUT2D eigenvalue weighted by molar-refractivity contribution is -0.117. The maximum Gasteiger partial charge on any atom is 0.228 e. The maximum atomic E-state index is 12.3. The Labute approximate surface area is 128 Å². The minimum Gasteiger partial charge on any atom is -0.324 e. The Balaban J connectivity index is 1.70. The highest BCUT2D eigenvalue weighted by Gasteiger charge is 2.43. The fourth-order valence-electron chi connectivity index (χ4n) is 2.47. The first-order chi connectivity index (χ1) is 10.2. The molecule has 0 bridgehead atoms. The predicted octanol–water partition coefficient (Wildman–Crippen LogP) is 3.95. The summed E-state index contributed by atoms with van der Waals surface area (Å²) >= 11 is 6.05. The maximum absolute atomic E-state index is 12.3. The lowest BCUT2D eigenvalue weighted by Crippen LogP contribution is -2.15. The van der Waals surface area contributed by atoms with Gasteiger partial charge in [0.25, 0.3) is 0 Å². The zero-order valence-corrected chi connectivity index (χ0v) is 12.0. The predicted molar refractivity (Wildman–Crippen MR) is 82.1 cm³/mol. The number of carbonyl (C=O) groups is 1. The topological polar surface area (TPSA) is 52.9 Å². The van der Waals surface area contributed by atoms with Crippen molar-refractivity contribution in [2.45, 2.75) is 12.3 Å². The van der Waals surface area contributed by atoms with Crippen molar-refractivity contribution >= 4 is 23.2 Å². The molecule has 4 heteroatoms. The van der Waals surface area contributed by atoms with Gasteiger partial charge in [0.05, 0.1) is 22.3 Å². The highest BCUT2D eigenvalue weighted by Crippen LogP contribution is 2.48. The quantitative estimate of drug-likeness (QED) is 0.932. The van der Waals surface area contributed by atoms with Gasteiger partial charge in [-0.3, -0.25) is 4.79 Å². The van der Waals surface area contributed by atoms with Crippen molar-refractivity contribution < 1.29 is 4.79 Å². The van der Waals surface area contributed by atoms with Crippen LogP contribution >= 0.6 is 11.6 Å². The van der Waals surface area contributed by atoms with E-state index in [0.717, 1.165) is 6.42 Å². The molecule has 2 unspecified atom stereocenters. The average molecular weight is 297 g/mol. The summed E-state index contributed by atoms with van der Waals surface area (Å²) in [5.41, 5.74) is 2.17. The van der Waals surface area contributed by atoms with E-state index in [2.05, 4.69) is 5.32 Å². The molecule has 21 heavy (non-hydrogen) atoms. The Kier molecular flexibility index (Phi) is 3.64. The first-order valence-electron chi connectivity index (χ1n) is 6.74. The summed E-state index contributed by atoms with van der Waals surface area (Å²) in [7, 11) is 0. The van der Waals surface area contributed by atoms with Crippen LogP contribution in [0.4, 0.5) is 5.69 Å². The molecule has 1 aliphatic rings.